The van der Waals surface area contributed by atoms with Gasteiger partial charge in [-0.15, -0.1) is 0 Å². The summed E-state index contributed by atoms with van der Waals surface area (Å²) in [5.41, 5.74) is 0.553. The molecule has 0 heterocycles. The highest BCUT2D eigenvalue weighted by Gasteiger charge is 2.17. The molecule has 0 saturated heterocycles. The monoisotopic (exact) mass is 372 g/mol. The zero-order valence-electron chi connectivity index (χ0n) is 12.9. The maximum atomic E-state index is 12.6. The van der Waals surface area contributed by atoms with Crippen LogP contribution >= 0.6 is 11.6 Å². The van der Waals surface area contributed by atoms with Gasteiger partial charge in [0.15, 0.2) is 0 Å². The molecule has 126 valence electrons. The number of aldehydes is 1. The molecule has 3 aromatic rings. The molecular formula is C19H13ClO4S. The molecule has 4 nitrogen and oxygen atoms in total. The van der Waals surface area contributed by atoms with Gasteiger partial charge in [0.1, 0.15) is 17.8 Å². The highest BCUT2D eigenvalue weighted by atomic mass is 35.5. The average molecular weight is 373 g/mol. The van der Waals surface area contributed by atoms with E-state index in [1.807, 2.05) is 0 Å². The third kappa shape index (κ3) is 3.90. The van der Waals surface area contributed by atoms with Gasteiger partial charge in [-0.05, 0) is 72.8 Å². The van der Waals surface area contributed by atoms with E-state index in [1.165, 1.54) is 36.4 Å². The van der Waals surface area contributed by atoms with Gasteiger partial charge in [-0.2, -0.15) is 0 Å². The van der Waals surface area contributed by atoms with E-state index in [-0.39, 0.29) is 9.79 Å². The molecule has 0 aromatic heterocycles. The largest absolute Gasteiger partial charge is 0.457 e. The Balaban J connectivity index is 1.81. The van der Waals surface area contributed by atoms with Crippen molar-refractivity contribution in [1.29, 1.82) is 0 Å². The van der Waals surface area contributed by atoms with E-state index < -0.39 is 9.84 Å². The first-order chi connectivity index (χ1) is 12.0. The Kier molecular flexibility index (Phi) is 4.88. The summed E-state index contributed by atoms with van der Waals surface area (Å²) in [4.78, 5) is 11.0. The van der Waals surface area contributed by atoms with Crippen molar-refractivity contribution in [2.24, 2.45) is 0 Å². The second-order valence-electron chi connectivity index (χ2n) is 5.22. The van der Waals surface area contributed by atoms with Gasteiger partial charge in [-0.3, -0.25) is 4.79 Å². The van der Waals surface area contributed by atoms with Crippen LogP contribution in [0, 0.1) is 0 Å². The van der Waals surface area contributed by atoms with E-state index in [0.717, 1.165) is 6.29 Å². The lowest BCUT2D eigenvalue weighted by Gasteiger charge is -2.08. The standard InChI is InChI=1S/C19H13ClO4S/c20-15-3-9-18(10-4-15)25(22,23)19-11-7-17(8-12-19)24-16-5-1-14(13-21)2-6-16/h1-13H. The van der Waals surface area contributed by atoms with Crippen LogP contribution in [0.1, 0.15) is 10.4 Å². The molecule has 0 bridgehead atoms. The number of benzene rings is 3. The molecule has 0 amide bonds. The SMILES string of the molecule is O=Cc1ccc(Oc2ccc(S(=O)(=O)c3ccc(Cl)cc3)cc2)cc1. The Morgan fingerprint density at radius 1 is 0.720 bits per heavy atom. The lowest BCUT2D eigenvalue weighted by atomic mass is 10.2. The van der Waals surface area contributed by atoms with Crippen LogP contribution in [0.15, 0.2) is 82.6 Å². The van der Waals surface area contributed by atoms with Gasteiger partial charge in [0.25, 0.3) is 0 Å². The summed E-state index contributed by atoms with van der Waals surface area (Å²) in [5.74, 6) is 1.05. The van der Waals surface area contributed by atoms with E-state index in [4.69, 9.17) is 16.3 Å². The summed E-state index contributed by atoms with van der Waals surface area (Å²) in [6, 6.07) is 18.8. The zero-order chi connectivity index (χ0) is 17.9. The molecule has 0 spiro atoms. The van der Waals surface area contributed by atoms with E-state index in [1.54, 1.807) is 36.4 Å². The molecule has 0 aliphatic heterocycles. The van der Waals surface area contributed by atoms with Gasteiger partial charge in [-0.1, -0.05) is 11.6 Å². The fraction of sp³-hybridized carbons (Fsp3) is 0. The quantitative estimate of drug-likeness (QED) is 0.605. The fourth-order valence-electron chi connectivity index (χ4n) is 2.19. The van der Waals surface area contributed by atoms with Gasteiger partial charge in [-0.25, -0.2) is 8.42 Å². The Bertz CT molecular complexity index is 977. The van der Waals surface area contributed by atoms with Gasteiger partial charge in [0.2, 0.25) is 9.84 Å². The molecule has 0 radical (unpaired) electrons. The predicted octanol–water partition coefficient (Wildman–Crippen LogP) is 4.78. The van der Waals surface area contributed by atoms with Crippen LogP contribution in [0.5, 0.6) is 11.5 Å². The topological polar surface area (TPSA) is 60.4 Å². The summed E-state index contributed by atoms with van der Waals surface area (Å²) in [6.07, 6.45) is 0.750. The van der Waals surface area contributed by atoms with Crippen molar-refractivity contribution in [2.45, 2.75) is 9.79 Å². The lowest BCUT2D eigenvalue weighted by Crippen LogP contribution is -2.01. The first-order valence-corrected chi connectivity index (χ1v) is 9.19. The second kappa shape index (κ2) is 7.09. The molecule has 6 heteroatoms. The Labute approximate surface area is 150 Å². The van der Waals surface area contributed by atoms with Crippen molar-refractivity contribution in [1.82, 2.24) is 0 Å². The smallest absolute Gasteiger partial charge is 0.206 e. The van der Waals surface area contributed by atoms with Crippen molar-refractivity contribution in [3.63, 3.8) is 0 Å². The van der Waals surface area contributed by atoms with Crippen LogP contribution in [0.4, 0.5) is 0 Å². The molecule has 25 heavy (non-hydrogen) atoms. The fourth-order valence-corrected chi connectivity index (χ4v) is 3.57. The van der Waals surface area contributed by atoms with Crippen LogP contribution in [0.2, 0.25) is 5.02 Å². The van der Waals surface area contributed by atoms with E-state index >= 15 is 0 Å². The minimum absolute atomic E-state index is 0.165. The second-order valence-corrected chi connectivity index (χ2v) is 7.60. The van der Waals surface area contributed by atoms with Crippen LogP contribution in [0.3, 0.4) is 0 Å². The van der Waals surface area contributed by atoms with Crippen molar-refractivity contribution in [2.75, 3.05) is 0 Å². The number of rotatable bonds is 5. The number of halogens is 1. The highest BCUT2D eigenvalue weighted by molar-refractivity contribution is 7.91. The van der Waals surface area contributed by atoms with Crippen LogP contribution in [0.25, 0.3) is 0 Å². The van der Waals surface area contributed by atoms with E-state index in [0.29, 0.717) is 22.1 Å². The number of carbonyl (C=O) groups excluding carboxylic acids is 1. The first kappa shape index (κ1) is 17.2. The molecule has 0 saturated carbocycles. The Morgan fingerprint density at radius 2 is 1.16 bits per heavy atom. The number of carbonyl (C=O) groups is 1. The van der Waals surface area contributed by atoms with Gasteiger partial charge < -0.3 is 4.74 Å². The molecule has 0 aliphatic carbocycles. The first-order valence-electron chi connectivity index (χ1n) is 7.33. The predicted molar refractivity (Wildman–Crippen MR) is 95.2 cm³/mol. The van der Waals surface area contributed by atoms with Gasteiger partial charge in [0, 0.05) is 10.6 Å². The maximum Gasteiger partial charge on any atom is 0.206 e. The molecule has 0 atom stereocenters. The zero-order valence-corrected chi connectivity index (χ0v) is 14.5. The molecular weight excluding hydrogens is 360 g/mol. The average Bonchev–Trinajstić information content (AvgIpc) is 2.63. The summed E-state index contributed by atoms with van der Waals surface area (Å²) < 4.78 is 30.8. The summed E-state index contributed by atoms with van der Waals surface area (Å²) >= 11 is 5.79. The Hall–Kier alpha value is -2.63. The number of hydrogen-bond donors (Lipinski definition) is 0. The third-order valence-corrected chi connectivity index (χ3v) is 5.55. The lowest BCUT2D eigenvalue weighted by molar-refractivity contribution is 0.112. The molecule has 0 N–H and O–H groups in total. The highest BCUT2D eigenvalue weighted by Crippen LogP contribution is 2.26. The van der Waals surface area contributed by atoms with E-state index in [2.05, 4.69) is 0 Å². The van der Waals surface area contributed by atoms with Gasteiger partial charge in [0.05, 0.1) is 9.79 Å². The van der Waals surface area contributed by atoms with Crippen LogP contribution in [-0.4, -0.2) is 14.7 Å². The normalized spacial score (nSPS) is 11.1. The number of ether oxygens (including phenoxy) is 1. The number of hydrogen-bond acceptors (Lipinski definition) is 4. The van der Waals surface area contributed by atoms with Crippen molar-refractivity contribution in [3.05, 3.63) is 83.4 Å². The molecule has 0 unspecified atom stereocenters. The van der Waals surface area contributed by atoms with Crippen molar-refractivity contribution in [3.8, 4) is 11.5 Å². The summed E-state index contributed by atoms with van der Waals surface area (Å²) in [5, 5.41) is 0.475. The maximum absolute atomic E-state index is 12.6. The number of sulfone groups is 1. The van der Waals surface area contributed by atoms with Gasteiger partial charge >= 0.3 is 0 Å². The van der Waals surface area contributed by atoms with E-state index in [9.17, 15) is 13.2 Å². The molecule has 0 fully saturated rings. The minimum atomic E-state index is -3.61. The molecule has 3 rings (SSSR count). The summed E-state index contributed by atoms with van der Waals surface area (Å²) in [6.45, 7) is 0. The Morgan fingerprint density at radius 3 is 1.64 bits per heavy atom. The van der Waals surface area contributed by atoms with Crippen molar-refractivity contribution < 1.29 is 17.9 Å². The van der Waals surface area contributed by atoms with Crippen molar-refractivity contribution >= 4 is 27.7 Å². The minimum Gasteiger partial charge on any atom is -0.457 e. The molecule has 0 aliphatic rings. The van der Waals surface area contributed by atoms with Crippen LogP contribution < -0.4 is 4.74 Å². The third-order valence-electron chi connectivity index (χ3n) is 3.51. The van der Waals surface area contributed by atoms with Crippen LogP contribution in [-0.2, 0) is 9.84 Å². The summed E-state index contributed by atoms with van der Waals surface area (Å²) in [7, 11) is -3.61. The molecule has 3 aromatic carbocycles.